The van der Waals surface area contributed by atoms with Gasteiger partial charge in [0, 0.05) is 6.20 Å². The fourth-order valence-corrected chi connectivity index (χ4v) is 3.30. The van der Waals surface area contributed by atoms with Crippen LogP contribution in [0.5, 0.6) is 0 Å². The van der Waals surface area contributed by atoms with Crippen LogP contribution in [0.25, 0.3) is 0 Å². The Labute approximate surface area is 190 Å². The number of nitro groups is 1. The highest BCUT2D eigenvalue weighted by Gasteiger charge is 2.22. The number of nitrogens with one attached hydrogen (secondary N) is 1. The number of halogens is 2. The summed E-state index contributed by atoms with van der Waals surface area (Å²) in [6.45, 7) is 2.16. The summed E-state index contributed by atoms with van der Waals surface area (Å²) in [5.74, 6) is -0.393. The molecule has 0 saturated carbocycles. The Morgan fingerprint density at radius 3 is 2.75 bits per heavy atom. The zero-order chi connectivity index (χ0) is 22.8. The van der Waals surface area contributed by atoms with Gasteiger partial charge in [-0.15, -0.1) is 0 Å². The topological polar surface area (TPSA) is 134 Å². The van der Waals surface area contributed by atoms with E-state index in [1.807, 2.05) is 6.07 Å². The minimum Gasteiger partial charge on any atom is -0.361 e. The molecule has 0 aliphatic heterocycles. The highest BCUT2D eigenvalue weighted by atomic mass is 35.5. The normalized spacial score (nSPS) is 11.0. The van der Waals surface area contributed by atoms with Gasteiger partial charge in [-0.05, 0) is 29.5 Å². The molecule has 164 valence electrons. The lowest BCUT2D eigenvalue weighted by atomic mass is 10.2. The number of amides is 1. The molecule has 0 spiro atoms. The molecule has 0 unspecified atom stereocenters. The zero-order valence-electron chi connectivity index (χ0n) is 16.5. The van der Waals surface area contributed by atoms with Crippen molar-refractivity contribution in [2.75, 3.05) is 5.32 Å². The fourth-order valence-electron chi connectivity index (χ4n) is 2.98. The summed E-state index contributed by atoms with van der Waals surface area (Å²) in [6, 6.07) is 6.55. The molecule has 0 aliphatic carbocycles. The van der Waals surface area contributed by atoms with Gasteiger partial charge in [-0.1, -0.05) is 34.4 Å². The molecule has 32 heavy (non-hydrogen) atoms. The molecule has 0 radical (unpaired) electrons. The number of hydrogen-bond acceptors (Lipinski definition) is 7. The van der Waals surface area contributed by atoms with E-state index in [9.17, 15) is 14.9 Å². The van der Waals surface area contributed by atoms with Gasteiger partial charge in [0.1, 0.15) is 5.76 Å². The fraction of sp³-hybridized carbons (Fsp3) is 0.158. The number of rotatable bonds is 7. The molecule has 3 heterocycles. The minimum absolute atomic E-state index is 0.0536. The standard InChI is InChI=1S/C19H15Cl2N7O4/c1-11-14(10-26-5-4-17(24-26)28(30)31)18(25-32-11)19(29)23-13-7-22-27(9-13)8-12-2-3-15(20)16(21)6-12/h2-7,9H,8,10H2,1H3,(H,23,29). The van der Waals surface area contributed by atoms with Crippen molar-refractivity contribution in [1.82, 2.24) is 24.7 Å². The summed E-state index contributed by atoms with van der Waals surface area (Å²) in [5.41, 5.74) is 1.86. The Kier molecular flexibility index (Phi) is 5.93. The van der Waals surface area contributed by atoms with Crippen LogP contribution < -0.4 is 5.32 Å². The van der Waals surface area contributed by atoms with Crippen LogP contribution in [0.1, 0.15) is 27.4 Å². The van der Waals surface area contributed by atoms with Crippen molar-refractivity contribution in [3.63, 3.8) is 0 Å². The smallest absolute Gasteiger partial charge is 0.361 e. The van der Waals surface area contributed by atoms with Crippen LogP contribution in [-0.4, -0.2) is 35.5 Å². The highest BCUT2D eigenvalue weighted by molar-refractivity contribution is 6.42. The van der Waals surface area contributed by atoms with Gasteiger partial charge in [-0.2, -0.15) is 9.78 Å². The molecule has 3 aromatic heterocycles. The molecule has 4 aromatic rings. The van der Waals surface area contributed by atoms with Crippen molar-refractivity contribution >= 4 is 40.6 Å². The average Bonchev–Trinajstić information content (AvgIpc) is 3.47. The average molecular weight is 476 g/mol. The summed E-state index contributed by atoms with van der Waals surface area (Å²) in [6.07, 6.45) is 4.60. The Morgan fingerprint density at radius 1 is 1.22 bits per heavy atom. The lowest BCUT2D eigenvalue weighted by Crippen LogP contribution is -2.15. The summed E-state index contributed by atoms with van der Waals surface area (Å²) >= 11 is 12.0. The van der Waals surface area contributed by atoms with Gasteiger partial charge in [-0.25, -0.2) is 0 Å². The molecule has 1 N–H and O–H groups in total. The number of benzene rings is 1. The molecular formula is C19H15Cl2N7O4. The molecule has 1 amide bonds. The molecule has 11 nitrogen and oxygen atoms in total. The first-order valence-electron chi connectivity index (χ1n) is 9.21. The number of carbonyl (C=O) groups is 1. The third kappa shape index (κ3) is 4.63. The first-order chi connectivity index (χ1) is 15.3. The predicted octanol–water partition coefficient (Wildman–Crippen LogP) is 3.94. The van der Waals surface area contributed by atoms with Crippen LogP contribution in [0.4, 0.5) is 11.5 Å². The summed E-state index contributed by atoms with van der Waals surface area (Å²) in [5, 5.41) is 26.4. The van der Waals surface area contributed by atoms with Crippen LogP contribution in [0.2, 0.25) is 10.0 Å². The second-order valence-corrected chi connectivity index (χ2v) is 7.64. The van der Waals surface area contributed by atoms with Gasteiger partial charge in [-0.3, -0.25) is 9.48 Å². The van der Waals surface area contributed by atoms with Gasteiger partial charge in [0.15, 0.2) is 5.69 Å². The monoisotopic (exact) mass is 475 g/mol. The van der Waals surface area contributed by atoms with Crippen molar-refractivity contribution in [1.29, 1.82) is 0 Å². The Morgan fingerprint density at radius 2 is 2.03 bits per heavy atom. The van der Waals surface area contributed by atoms with E-state index in [4.69, 9.17) is 27.7 Å². The van der Waals surface area contributed by atoms with E-state index in [0.717, 1.165) is 5.56 Å². The van der Waals surface area contributed by atoms with E-state index in [2.05, 4.69) is 20.7 Å². The van der Waals surface area contributed by atoms with E-state index in [1.165, 1.54) is 23.1 Å². The van der Waals surface area contributed by atoms with Crippen LogP contribution in [0.3, 0.4) is 0 Å². The van der Waals surface area contributed by atoms with Crippen molar-refractivity contribution in [3.05, 3.63) is 85.6 Å². The van der Waals surface area contributed by atoms with E-state index < -0.39 is 10.8 Å². The molecule has 1 aromatic carbocycles. The molecule has 0 atom stereocenters. The van der Waals surface area contributed by atoms with Gasteiger partial charge in [0.05, 0.1) is 57.9 Å². The molecule has 4 rings (SSSR count). The van der Waals surface area contributed by atoms with Crippen LogP contribution in [0, 0.1) is 17.0 Å². The molecule has 13 heteroatoms. The summed E-state index contributed by atoms with van der Waals surface area (Å²) in [7, 11) is 0. The zero-order valence-corrected chi connectivity index (χ0v) is 18.0. The van der Waals surface area contributed by atoms with E-state index in [-0.39, 0.29) is 18.1 Å². The van der Waals surface area contributed by atoms with E-state index >= 15 is 0 Å². The van der Waals surface area contributed by atoms with Crippen molar-refractivity contribution < 1.29 is 14.2 Å². The number of aryl methyl sites for hydroxylation is 1. The molecule has 0 bridgehead atoms. The third-order valence-electron chi connectivity index (χ3n) is 4.55. The number of aromatic nitrogens is 5. The van der Waals surface area contributed by atoms with Crippen LogP contribution in [-0.2, 0) is 13.1 Å². The summed E-state index contributed by atoms with van der Waals surface area (Å²) in [4.78, 5) is 23.0. The number of anilines is 1. The van der Waals surface area contributed by atoms with E-state index in [0.29, 0.717) is 33.6 Å². The predicted molar refractivity (Wildman–Crippen MR) is 115 cm³/mol. The van der Waals surface area contributed by atoms with Crippen LogP contribution >= 0.6 is 23.2 Å². The maximum Gasteiger partial charge on any atom is 0.389 e. The second-order valence-electron chi connectivity index (χ2n) is 6.82. The molecular weight excluding hydrogens is 461 g/mol. The largest absolute Gasteiger partial charge is 0.389 e. The number of carbonyl (C=O) groups excluding carboxylic acids is 1. The van der Waals surface area contributed by atoms with Crippen molar-refractivity contribution in [2.45, 2.75) is 20.0 Å². The SMILES string of the molecule is Cc1onc(C(=O)Nc2cnn(Cc3ccc(Cl)c(Cl)c3)c2)c1Cn1ccc([N+](=O)[O-])n1. The quantitative estimate of drug-likeness (QED) is 0.315. The first kappa shape index (κ1) is 21.5. The Bertz CT molecular complexity index is 1310. The highest BCUT2D eigenvalue weighted by Crippen LogP contribution is 2.23. The molecule has 0 fully saturated rings. The van der Waals surface area contributed by atoms with Gasteiger partial charge in [0.25, 0.3) is 5.91 Å². The lowest BCUT2D eigenvalue weighted by Gasteiger charge is -2.04. The Balaban J connectivity index is 1.46. The first-order valence-corrected chi connectivity index (χ1v) is 9.96. The summed E-state index contributed by atoms with van der Waals surface area (Å²) < 4.78 is 8.13. The maximum absolute atomic E-state index is 12.8. The number of hydrogen-bond donors (Lipinski definition) is 1. The lowest BCUT2D eigenvalue weighted by molar-refractivity contribution is -0.389. The van der Waals surface area contributed by atoms with Gasteiger partial charge < -0.3 is 20.0 Å². The minimum atomic E-state index is -0.597. The second kappa shape index (κ2) is 8.81. The van der Waals surface area contributed by atoms with Gasteiger partial charge in [0.2, 0.25) is 0 Å². The molecule has 0 saturated heterocycles. The van der Waals surface area contributed by atoms with Crippen molar-refractivity contribution in [3.8, 4) is 0 Å². The molecule has 0 aliphatic rings. The van der Waals surface area contributed by atoms with E-state index in [1.54, 1.807) is 29.9 Å². The Hall–Kier alpha value is -3.70. The van der Waals surface area contributed by atoms with Crippen LogP contribution in [0.15, 0.2) is 47.4 Å². The van der Waals surface area contributed by atoms with Crippen molar-refractivity contribution in [2.24, 2.45) is 0 Å². The number of nitrogens with zero attached hydrogens (tertiary/aromatic N) is 6. The van der Waals surface area contributed by atoms with Gasteiger partial charge >= 0.3 is 5.82 Å². The maximum atomic E-state index is 12.8. The third-order valence-corrected chi connectivity index (χ3v) is 5.29.